The maximum atomic E-state index is 13.7. The summed E-state index contributed by atoms with van der Waals surface area (Å²) in [5.41, 5.74) is 1.93. The molecule has 9 nitrogen and oxygen atoms in total. The van der Waals surface area contributed by atoms with E-state index in [4.69, 9.17) is 9.47 Å². The van der Waals surface area contributed by atoms with E-state index < -0.39 is 21.9 Å². The van der Waals surface area contributed by atoms with E-state index in [1.807, 2.05) is 30.3 Å². The lowest BCUT2D eigenvalue weighted by molar-refractivity contribution is -0.141. The molecule has 0 saturated heterocycles. The number of rotatable bonds is 12. The van der Waals surface area contributed by atoms with Gasteiger partial charge in [0.1, 0.15) is 11.9 Å². The number of ether oxygens (including phenoxy) is 2. The average molecular weight is 570 g/mol. The van der Waals surface area contributed by atoms with Crippen LogP contribution in [0, 0.1) is 5.82 Å². The molecule has 0 aromatic heterocycles. The Kier molecular flexibility index (Phi) is 9.26. The molecular weight excluding hydrogens is 537 g/mol. The molecule has 1 atom stereocenters. The Bertz CT molecular complexity index is 1430. The fraction of sp³-hybridized carbons (Fsp3) is 0.310. The van der Waals surface area contributed by atoms with E-state index in [1.54, 1.807) is 30.3 Å². The lowest BCUT2D eigenvalue weighted by Crippen LogP contribution is -2.49. The van der Waals surface area contributed by atoms with Crippen LogP contribution in [0.4, 0.5) is 10.1 Å². The van der Waals surface area contributed by atoms with Gasteiger partial charge in [0.15, 0.2) is 11.5 Å². The highest BCUT2D eigenvalue weighted by Crippen LogP contribution is 2.36. The molecule has 0 saturated carbocycles. The molecule has 3 aromatic carbocycles. The number of hydrogen-bond donors (Lipinski definition) is 1. The van der Waals surface area contributed by atoms with Crippen LogP contribution in [-0.4, -0.2) is 57.8 Å². The molecule has 0 radical (unpaired) electrons. The van der Waals surface area contributed by atoms with Gasteiger partial charge in [-0.05, 0) is 41.8 Å². The van der Waals surface area contributed by atoms with E-state index in [1.165, 1.54) is 28.4 Å². The Morgan fingerprint density at radius 3 is 2.35 bits per heavy atom. The zero-order valence-electron chi connectivity index (χ0n) is 22.4. The smallest absolute Gasteiger partial charge is 0.242 e. The highest BCUT2D eigenvalue weighted by molar-refractivity contribution is 7.92. The van der Waals surface area contributed by atoms with Crippen LogP contribution >= 0.6 is 0 Å². The Hall–Kier alpha value is -4.12. The SMILES string of the molecule is CNC(=O)[C@H](Cc1ccccc1)N(Cc1ccc(F)cc1)C(=O)CCCN(c1ccc2c(c1)OCO2)S(C)(=O)=O. The van der Waals surface area contributed by atoms with E-state index in [-0.39, 0.29) is 51.0 Å². The second kappa shape index (κ2) is 12.8. The first-order chi connectivity index (χ1) is 19.2. The maximum absolute atomic E-state index is 13.7. The van der Waals surface area contributed by atoms with E-state index in [9.17, 15) is 22.4 Å². The van der Waals surface area contributed by atoms with Crippen LogP contribution in [-0.2, 0) is 32.6 Å². The molecule has 11 heteroatoms. The summed E-state index contributed by atoms with van der Waals surface area (Å²) >= 11 is 0. The van der Waals surface area contributed by atoms with Gasteiger partial charge in [0, 0.05) is 39.0 Å². The van der Waals surface area contributed by atoms with E-state index in [0.29, 0.717) is 22.7 Å². The Morgan fingerprint density at radius 2 is 1.68 bits per heavy atom. The van der Waals surface area contributed by atoms with E-state index >= 15 is 0 Å². The normalized spacial score (nSPS) is 13.0. The third-order valence-corrected chi connectivity index (χ3v) is 7.77. The van der Waals surface area contributed by atoms with Gasteiger partial charge in [-0.1, -0.05) is 42.5 Å². The molecule has 3 aromatic rings. The summed E-state index contributed by atoms with van der Waals surface area (Å²) < 4.78 is 50.7. The van der Waals surface area contributed by atoms with Gasteiger partial charge in [-0.15, -0.1) is 0 Å². The summed E-state index contributed by atoms with van der Waals surface area (Å²) in [5.74, 6) is -0.0897. The lowest BCUT2D eigenvalue weighted by atomic mass is 10.0. The standard InChI is InChI=1S/C29H32FN3O6S/c1-31-29(35)25(17-21-7-4-3-5-8-21)32(19-22-10-12-23(30)13-11-22)28(34)9-6-16-33(40(2,36)37)24-14-15-26-27(18-24)39-20-38-26/h3-5,7-8,10-15,18,25H,6,9,16-17,19-20H2,1-2H3,(H,31,35)/t25-/m0/s1. The molecule has 212 valence electrons. The van der Waals surface area contributed by atoms with Crippen molar-refractivity contribution >= 4 is 27.5 Å². The summed E-state index contributed by atoms with van der Waals surface area (Å²) in [6.07, 6.45) is 1.56. The first kappa shape index (κ1) is 28.9. The minimum absolute atomic E-state index is 0.0138. The largest absolute Gasteiger partial charge is 0.454 e. The zero-order chi connectivity index (χ0) is 28.7. The minimum Gasteiger partial charge on any atom is -0.454 e. The van der Waals surface area contributed by atoms with Crippen molar-refractivity contribution in [3.05, 3.63) is 89.7 Å². The number of sulfonamides is 1. The molecule has 1 aliphatic rings. The molecule has 1 N–H and O–H groups in total. The van der Waals surface area contributed by atoms with Crippen molar-refractivity contribution in [2.45, 2.75) is 31.8 Å². The first-order valence-electron chi connectivity index (χ1n) is 12.8. The van der Waals surface area contributed by atoms with Crippen LogP contribution in [0.25, 0.3) is 0 Å². The number of halogens is 1. The second-order valence-corrected chi connectivity index (χ2v) is 11.4. The fourth-order valence-corrected chi connectivity index (χ4v) is 5.51. The lowest BCUT2D eigenvalue weighted by Gasteiger charge is -2.31. The number of amides is 2. The van der Waals surface area contributed by atoms with Crippen LogP contribution in [0.15, 0.2) is 72.8 Å². The van der Waals surface area contributed by atoms with Gasteiger partial charge in [0.2, 0.25) is 28.6 Å². The van der Waals surface area contributed by atoms with Crippen molar-refractivity contribution in [1.29, 1.82) is 0 Å². The van der Waals surface area contributed by atoms with Crippen molar-refractivity contribution in [2.24, 2.45) is 0 Å². The van der Waals surface area contributed by atoms with Gasteiger partial charge in [0.05, 0.1) is 11.9 Å². The van der Waals surface area contributed by atoms with E-state index in [0.717, 1.165) is 11.8 Å². The molecule has 0 aliphatic carbocycles. The number of likely N-dealkylation sites (N-methyl/N-ethyl adjacent to an activating group) is 1. The van der Waals surface area contributed by atoms with Gasteiger partial charge >= 0.3 is 0 Å². The fourth-order valence-electron chi connectivity index (χ4n) is 4.55. The predicted molar refractivity (Wildman–Crippen MR) is 149 cm³/mol. The molecule has 0 unspecified atom stereocenters. The van der Waals surface area contributed by atoms with Gasteiger partial charge in [-0.3, -0.25) is 13.9 Å². The molecule has 0 spiro atoms. The highest BCUT2D eigenvalue weighted by atomic mass is 32.2. The van der Waals surface area contributed by atoms with Crippen LogP contribution in [0.2, 0.25) is 0 Å². The summed E-state index contributed by atoms with van der Waals surface area (Å²) in [6, 6.07) is 19.1. The number of hydrogen-bond acceptors (Lipinski definition) is 6. The minimum atomic E-state index is -3.67. The summed E-state index contributed by atoms with van der Waals surface area (Å²) in [4.78, 5) is 28.2. The van der Waals surface area contributed by atoms with Crippen LogP contribution in [0.1, 0.15) is 24.0 Å². The number of anilines is 1. The molecular formula is C29H32FN3O6S. The zero-order valence-corrected chi connectivity index (χ0v) is 23.2. The molecule has 1 aliphatic heterocycles. The monoisotopic (exact) mass is 569 g/mol. The second-order valence-electron chi connectivity index (χ2n) is 9.44. The Morgan fingerprint density at radius 1 is 0.975 bits per heavy atom. The molecule has 1 heterocycles. The van der Waals surface area contributed by atoms with Crippen LogP contribution in [0.3, 0.4) is 0 Å². The maximum Gasteiger partial charge on any atom is 0.242 e. The third kappa shape index (κ3) is 7.29. The number of carbonyl (C=O) groups is 2. The van der Waals surface area contributed by atoms with Gasteiger partial charge < -0.3 is 19.7 Å². The molecule has 4 rings (SSSR count). The highest BCUT2D eigenvalue weighted by Gasteiger charge is 2.30. The van der Waals surface area contributed by atoms with Crippen molar-refractivity contribution in [3.63, 3.8) is 0 Å². The average Bonchev–Trinajstić information content (AvgIpc) is 3.41. The summed E-state index contributed by atoms with van der Waals surface area (Å²) in [7, 11) is -2.16. The number of fused-ring (bicyclic) bond motifs is 1. The first-order valence-corrected chi connectivity index (χ1v) is 14.7. The van der Waals surface area contributed by atoms with E-state index in [2.05, 4.69) is 5.32 Å². The van der Waals surface area contributed by atoms with Crippen molar-refractivity contribution < 1.29 is 31.9 Å². The molecule has 0 fully saturated rings. The number of carbonyl (C=O) groups excluding carboxylic acids is 2. The number of benzene rings is 3. The summed E-state index contributed by atoms with van der Waals surface area (Å²) in [6.45, 7) is 0.186. The number of nitrogens with zero attached hydrogens (tertiary/aromatic N) is 2. The van der Waals surface area contributed by atoms with Crippen molar-refractivity contribution in [1.82, 2.24) is 10.2 Å². The van der Waals surface area contributed by atoms with Gasteiger partial charge in [-0.25, -0.2) is 12.8 Å². The van der Waals surface area contributed by atoms with Crippen molar-refractivity contribution in [3.8, 4) is 11.5 Å². The summed E-state index contributed by atoms with van der Waals surface area (Å²) in [5, 5.41) is 2.65. The Balaban J connectivity index is 1.54. The van der Waals surface area contributed by atoms with Gasteiger partial charge in [0.25, 0.3) is 0 Å². The predicted octanol–water partition coefficient (Wildman–Crippen LogP) is 3.49. The molecule has 40 heavy (non-hydrogen) atoms. The van der Waals surface area contributed by atoms with Crippen molar-refractivity contribution in [2.75, 3.05) is 30.9 Å². The Labute approximate surface area is 233 Å². The third-order valence-electron chi connectivity index (χ3n) is 6.58. The van der Waals surface area contributed by atoms with Crippen LogP contribution < -0.4 is 19.1 Å². The van der Waals surface area contributed by atoms with Gasteiger partial charge in [-0.2, -0.15) is 0 Å². The topological polar surface area (TPSA) is 105 Å². The molecule has 2 amide bonds. The number of nitrogens with one attached hydrogen (secondary N) is 1. The quantitative estimate of drug-likeness (QED) is 0.358. The molecule has 0 bridgehead atoms. The van der Waals surface area contributed by atoms with Crippen LogP contribution in [0.5, 0.6) is 11.5 Å².